The van der Waals surface area contributed by atoms with Crippen molar-refractivity contribution in [3.8, 4) is 0 Å². The maximum atomic E-state index is 12.4. The summed E-state index contributed by atoms with van der Waals surface area (Å²) in [5, 5.41) is 10.9. The zero-order valence-corrected chi connectivity index (χ0v) is 16.0. The third-order valence-electron chi connectivity index (χ3n) is 3.95. The summed E-state index contributed by atoms with van der Waals surface area (Å²) in [5.74, 6) is -1.01. The van der Waals surface area contributed by atoms with Crippen molar-refractivity contribution in [1.82, 2.24) is 4.90 Å². The molecule has 1 aromatic rings. The molecule has 0 N–H and O–H groups in total. The normalized spacial score (nSPS) is 21.1. The zero-order chi connectivity index (χ0) is 20.1. The van der Waals surface area contributed by atoms with Crippen LogP contribution in [0.3, 0.4) is 0 Å². The Balaban J connectivity index is 1.96. The standard InChI is InChI=1S/C18H21ClN2O6/c1-11-9-20(10-12(2)26-11)18(23)13(3)27-17(22)7-5-14-4-6-15(19)16(8-14)21(24)25/h4-8,11-13H,9-10H2,1-3H3/b7-5+. The molecular weight excluding hydrogens is 376 g/mol. The van der Waals surface area contributed by atoms with Crippen LogP contribution >= 0.6 is 11.6 Å². The Kier molecular flexibility index (Phi) is 6.92. The molecule has 8 nitrogen and oxygen atoms in total. The van der Waals surface area contributed by atoms with Gasteiger partial charge in [0, 0.05) is 25.2 Å². The second-order valence-corrected chi connectivity index (χ2v) is 6.79. The van der Waals surface area contributed by atoms with Crippen molar-refractivity contribution in [2.24, 2.45) is 0 Å². The second-order valence-electron chi connectivity index (χ2n) is 6.38. The first kappa shape index (κ1) is 20.9. The van der Waals surface area contributed by atoms with Gasteiger partial charge in [-0.1, -0.05) is 17.7 Å². The van der Waals surface area contributed by atoms with Crippen LogP contribution in [-0.2, 0) is 19.1 Å². The van der Waals surface area contributed by atoms with Crippen LogP contribution in [-0.4, -0.2) is 53.1 Å². The number of halogens is 1. The van der Waals surface area contributed by atoms with Gasteiger partial charge >= 0.3 is 5.97 Å². The molecule has 27 heavy (non-hydrogen) atoms. The first-order valence-corrected chi connectivity index (χ1v) is 8.82. The molecule has 1 fully saturated rings. The molecule has 9 heteroatoms. The largest absolute Gasteiger partial charge is 0.449 e. The van der Waals surface area contributed by atoms with Crippen LogP contribution in [0.2, 0.25) is 5.02 Å². The van der Waals surface area contributed by atoms with Gasteiger partial charge in [0.2, 0.25) is 0 Å². The molecule has 1 saturated heterocycles. The predicted molar refractivity (Wildman–Crippen MR) is 99.3 cm³/mol. The lowest BCUT2D eigenvalue weighted by molar-refractivity contribution is -0.384. The van der Waals surface area contributed by atoms with E-state index in [1.165, 1.54) is 31.2 Å². The van der Waals surface area contributed by atoms with E-state index in [9.17, 15) is 19.7 Å². The molecule has 1 amide bonds. The van der Waals surface area contributed by atoms with Gasteiger partial charge in [-0.25, -0.2) is 4.79 Å². The minimum atomic E-state index is -0.945. The molecular formula is C18H21ClN2O6. The summed E-state index contributed by atoms with van der Waals surface area (Å²) in [5.41, 5.74) is 0.157. The van der Waals surface area contributed by atoms with Crippen LogP contribution in [0.4, 0.5) is 5.69 Å². The fourth-order valence-corrected chi connectivity index (χ4v) is 3.00. The fraction of sp³-hybridized carbons (Fsp3) is 0.444. The highest BCUT2D eigenvalue weighted by Crippen LogP contribution is 2.25. The SMILES string of the molecule is CC1CN(C(=O)C(C)OC(=O)/C=C/c2ccc(Cl)c([N+](=O)[O-])c2)CC(C)O1. The monoisotopic (exact) mass is 396 g/mol. The lowest BCUT2D eigenvalue weighted by atomic mass is 10.2. The van der Waals surface area contributed by atoms with Crippen LogP contribution in [0.1, 0.15) is 26.3 Å². The van der Waals surface area contributed by atoms with Gasteiger partial charge in [0.25, 0.3) is 11.6 Å². The van der Waals surface area contributed by atoms with Crippen LogP contribution in [0, 0.1) is 10.1 Å². The van der Waals surface area contributed by atoms with E-state index in [1.807, 2.05) is 13.8 Å². The van der Waals surface area contributed by atoms with Crippen LogP contribution in [0.5, 0.6) is 0 Å². The van der Waals surface area contributed by atoms with Gasteiger partial charge < -0.3 is 14.4 Å². The number of hydrogen-bond donors (Lipinski definition) is 0. The zero-order valence-electron chi connectivity index (χ0n) is 15.3. The molecule has 1 aliphatic heterocycles. The molecule has 0 aromatic heterocycles. The molecule has 1 aliphatic rings. The van der Waals surface area contributed by atoms with Gasteiger partial charge in [0.1, 0.15) is 5.02 Å². The molecule has 2 rings (SSSR count). The van der Waals surface area contributed by atoms with Gasteiger partial charge in [-0.05, 0) is 38.5 Å². The highest BCUT2D eigenvalue weighted by molar-refractivity contribution is 6.32. The maximum Gasteiger partial charge on any atom is 0.331 e. The van der Waals surface area contributed by atoms with Gasteiger partial charge in [-0.3, -0.25) is 14.9 Å². The minimum absolute atomic E-state index is 0.00733. The number of nitro groups is 1. The molecule has 3 atom stereocenters. The number of amides is 1. The van der Waals surface area contributed by atoms with Crippen molar-refractivity contribution in [3.63, 3.8) is 0 Å². The number of hydrogen-bond acceptors (Lipinski definition) is 6. The predicted octanol–water partition coefficient (Wildman–Crippen LogP) is 2.83. The molecule has 0 radical (unpaired) electrons. The Morgan fingerprint density at radius 1 is 1.37 bits per heavy atom. The lowest BCUT2D eigenvalue weighted by Crippen LogP contribution is -2.51. The molecule has 0 bridgehead atoms. The Morgan fingerprint density at radius 3 is 2.59 bits per heavy atom. The minimum Gasteiger partial charge on any atom is -0.449 e. The van der Waals surface area contributed by atoms with Gasteiger partial charge in [0.05, 0.1) is 17.1 Å². The van der Waals surface area contributed by atoms with E-state index >= 15 is 0 Å². The van der Waals surface area contributed by atoms with Gasteiger partial charge in [-0.15, -0.1) is 0 Å². The summed E-state index contributed by atoms with van der Waals surface area (Å²) >= 11 is 5.74. The Morgan fingerprint density at radius 2 is 2.00 bits per heavy atom. The van der Waals surface area contributed by atoms with E-state index in [0.717, 1.165) is 6.08 Å². The summed E-state index contributed by atoms with van der Waals surface area (Å²) in [6.07, 6.45) is 1.37. The average Bonchev–Trinajstić information content (AvgIpc) is 2.59. The quantitative estimate of drug-likeness (QED) is 0.328. The number of morpholine rings is 1. The van der Waals surface area contributed by atoms with Gasteiger partial charge in [0.15, 0.2) is 6.10 Å². The number of ether oxygens (including phenoxy) is 2. The third kappa shape index (κ3) is 5.77. The Hall–Kier alpha value is -2.45. The van der Waals surface area contributed by atoms with E-state index in [2.05, 4.69) is 0 Å². The smallest absolute Gasteiger partial charge is 0.331 e. The fourth-order valence-electron chi connectivity index (χ4n) is 2.82. The highest BCUT2D eigenvalue weighted by Gasteiger charge is 2.30. The first-order chi connectivity index (χ1) is 12.7. The number of carbonyl (C=O) groups is 2. The third-order valence-corrected chi connectivity index (χ3v) is 4.27. The van der Waals surface area contributed by atoms with Crippen LogP contribution in [0.25, 0.3) is 6.08 Å². The summed E-state index contributed by atoms with van der Waals surface area (Å²) in [6, 6.07) is 4.15. The number of esters is 1. The summed E-state index contributed by atoms with van der Waals surface area (Å²) in [4.78, 5) is 36.3. The van der Waals surface area contributed by atoms with Gasteiger partial charge in [-0.2, -0.15) is 0 Å². The number of nitro benzene ring substituents is 1. The van der Waals surface area contributed by atoms with E-state index in [-0.39, 0.29) is 28.8 Å². The highest BCUT2D eigenvalue weighted by atomic mass is 35.5. The van der Waals surface area contributed by atoms with Crippen molar-refractivity contribution < 1.29 is 24.0 Å². The van der Waals surface area contributed by atoms with Crippen molar-refractivity contribution in [3.05, 3.63) is 45.0 Å². The van der Waals surface area contributed by atoms with Crippen molar-refractivity contribution in [2.45, 2.75) is 39.1 Å². The lowest BCUT2D eigenvalue weighted by Gasteiger charge is -2.36. The van der Waals surface area contributed by atoms with Crippen LogP contribution < -0.4 is 0 Å². The maximum absolute atomic E-state index is 12.4. The van der Waals surface area contributed by atoms with Crippen molar-refractivity contribution in [2.75, 3.05) is 13.1 Å². The second kappa shape index (κ2) is 8.96. The Bertz CT molecular complexity index is 756. The van der Waals surface area contributed by atoms with E-state index in [4.69, 9.17) is 21.1 Å². The Labute approximate surface area is 161 Å². The molecule has 3 unspecified atom stereocenters. The van der Waals surface area contributed by atoms with Crippen molar-refractivity contribution in [1.29, 1.82) is 0 Å². The summed E-state index contributed by atoms with van der Waals surface area (Å²) in [6.45, 7) is 6.14. The van der Waals surface area contributed by atoms with Crippen molar-refractivity contribution >= 4 is 35.2 Å². The average molecular weight is 397 g/mol. The van der Waals surface area contributed by atoms with E-state index in [0.29, 0.717) is 18.7 Å². The molecule has 0 saturated carbocycles. The molecule has 0 aliphatic carbocycles. The molecule has 0 spiro atoms. The first-order valence-electron chi connectivity index (χ1n) is 8.44. The summed E-state index contributed by atoms with van der Waals surface area (Å²) < 4.78 is 10.7. The molecule has 1 heterocycles. The number of rotatable bonds is 5. The number of benzene rings is 1. The van der Waals surface area contributed by atoms with E-state index in [1.54, 1.807) is 4.90 Å². The van der Waals surface area contributed by atoms with Crippen LogP contribution in [0.15, 0.2) is 24.3 Å². The molecule has 146 valence electrons. The molecule has 1 aromatic carbocycles. The van der Waals surface area contributed by atoms with E-state index < -0.39 is 17.0 Å². The summed E-state index contributed by atoms with van der Waals surface area (Å²) in [7, 11) is 0. The topological polar surface area (TPSA) is 99.0 Å². The number of nitrogens with zero attached hydrogens (tertiary/aromatic N) is 2. The number of carbonyl (C=O) groups excluding carboxylic acids is 2.